The smallest absolute Gasteiger partial charge is 0.254 e. The van der Waals surface area contributed by atoms with E-state index in [0.29, 0.717) is 17.5 Å². The predicted octanol–water partition coefficient (Wildman–Crippen LogP) is 3.28. The van der Waals surface area contributed by atoms with Gasteiger partial charge < -0.3 is 10.0 Å². The summed E-state index contributed by atoms with van der Waals surface area (Å²) in [6.07, 6.45) is 3.76. The summed E-state index contributed by atoms with van der Waals surface area (Å²) in [5.41, 5.74) is 1.40. The molecule has 1 aromatic carbocycles. The van der Waals surface area contributed by atoms with Crippen molar-refractivity contribution in [3.05, 3.63) is 29.3 Å². The largest absolute Gasteiger partial charge is 0.508 e. The number of carbonyl (C=O) groups excluding carboxylic acids is 1. The van der Waals surface area contributed by atoms with Crippen molar-refractivity contribution in [3.63, 3.8) is 0 Å². The Morgan fingerprint density at radius 1 is 1.29 bits per heavy atom. The molecule has 24 heavy (non-hydrogen) atoms. The standard InChI is InChI=1S/C20H30N2O2/c1-14(2)18-13-22(10-4-9-21(18)12-16-6-7-16)20(24)17-8-5-15(3)19(23)11-17/h5,8,11,14,16,18,23H,4,6-7,9-10,12-13H2,1-3H3/t18-/m1/s1. The zero-order chi connectivity index (χ0) is 17.3. The molecule has 0 bridgehead atoms. The molecule has 1 amide bonds. The Kier molecular flexibility index (Phi) is 5.14. The Hall–Kier alpha value is -1.55. The molecule has 1 heterocycles. The van der Waals surface area contributed by atoms with Crippen LogP contribution in [0.15, 0.2) is 18.2 Å². The van der Waals surface area contributed by atoms with E-state index >= 15 is 0 Å². The Bertz CT molecular complexity index is 595. The van der Waals surface area contributed by atoms with Crippen molar-refractivity contribution in [1.29, 1.82) is 0 Å². The predicted molar refractivity (Wildman–Crippen MR) is 96.3 cm³/mol. The molecule has 0 aromatic heterocycles. The summed E-state index contributed by atoms with van der Waals surface area (Å²) >= 11 is 0. The summed E-state index contributed by atoms with van der Waals surface area (Å²) in [6, 6.07) is 5.68. The number of amides is 1. The maximum absolute atomic E-state index is 12.9. The number of carbonyl (C=O) groups is 1. The number of benzene rings is 1. The zero-order valence-electron chi connectivity index (χ0n) is 15.2. The first-order valence-corrected chi connectivity index (χ1v) is 9.28. The highest BCUT2D eigenvalue weighted by Gasteiger charge is 2.33. The third kappa shape index (κ3) is 3.92. The summed E-state index contributed by atoms with van der Waals surface area (Å²) in [7, 11) is 0. The summed E-state index contributed by atoms with van der Waals surface area (Å²) in [4.78, 5) is 17.5. The Labute approximate surface area is 145 Å². The van der Waals surface area contributed by atoms with Crippen molar-refractivity contribution in [2.24, 2.45) is 11.8 Å². The van der Waals surface area contributed by atoms with Gasteiger partial charge in [0.2, 0.25) is 0 Å². The Balaban J connectivity index is 1.74. The van der Waals surface area contributed by atoms with Crippen LogP contribution >= 0.6 is 0 Å². The van der Waals surface area contributed by atoms with Crippen LogP contribution in [-0.4, -0.2) is 53.0 Å². The van der Waals surface area contributed by atoms with Crippen LogP contribution in [0.2, 0.25) is 0 Å². The highest BCUT2D eigenvalue weighted by atomic mass is 16.3. The maximum Gasteiger partial charge on any atom is 0.254 e. The summed E-state index contributed by atoms with van der Waals surface area (Å²) < 4.78 is 0. The van der Waals surface area contributed by atoms with Crippen LogP contribution in [0.25, 0.3) is 0 Å². The van der Waals surface area contributed by atoms with Gasteiger partial charge in [-0.2, -0.15) is 0 Å². The van der Waals surface area contributed by atoms with E-state index in [4.69, 9.17) is 0 Å². The number of hydrogen-bond acceptors (Lipinski definition) is 3. The number of aryl methyl sites for hydroxylation is 1. The molecule has 4 nitrogen and oxygen atoms in total. The van der Waals surface area contributed by atoms with Crippen molar-refractivity contribution in [1.82, 2.24) is 9.80 Å². The minimum atomic E-state index is 0.0456. The van der Waals surface area contributed by atoms with Gasteiger partial charge in [-0.05, 0) is 55.7 Å². The molecule has 1 aromatic rings. The van der Waals surface area contributed by atoms with Gasteiger partial charge >= 0.3 is 0 Å². The van der Waals surface area contributed by atoms with E-state index < -0.39 is 0 Å². The molecule has 1 aliphatic heterocycles. The first-order valence-electron chi connectivity index (χ1n) is 9.28. The molecular formula is C20H30N2O2. The van der Waals surface area contributed by atoms with Crippen molar-refractivity contribution in [3.8, 4) is 5.75 Å². The van der Waals surface area contributed by atoms with E-state index in [2.05, 4.69) is 18.7 Å². The molecule has 1 aliphatic carbocycles. The summed E-state index contributed by atoms with van der Waals surface area (Å²) in [6.45, 7) is 10.2. The molecule has 1 saturated carbocycles. The molecule has 3 rings (SSSR count). The van der Waals surface area contributed by atoms with Gasteiger partial charge in [-0.3, -0.25) is 9.69 Å². The average molecular weight is 330 g/mol. The third-order valence-electron chi connectivity index (χ3n) is 5.45. The highest BCUT2D eigenvalue weighted by molar-refractivity contribution is 5.94. The SMILES string of the molecule is Cc1ccc(C(=O)N2CCCN(CC3CC3)[C@@H](C(C)C)C2)cc1O. The zero-order valence-corrected chi connectivity index (χ0v) is 15.2. The van der Waals surface area contributed by atoms with E-state index in [1.807, 2.05) is 24.0 Å². The van der Waals surface area contributed by atoms with Gasteiger partial charge in [-0.1, -0.05) is 19.9 Å². The van der Waals surface area contributed by atoms with E-state index in [0.717, 1.165) is 37.5 Å². The van der Waals surface area contributed by atoms with Crippen LogP contribution in [0.3, 0.4) is 0 Å². The fourth-order valence-corrected chi connectivity index (χ4v) is 3.66. The molecular weight excluding hydrogens is 300 g/mol. The first kappa shape index (κ1) is 17.3. The van der Waals surface area contributed by atoms with E-state index in [1.165, 1.54) is 19.4 Å². The van der Waals surface area contributed by atoms with Gasteiger partial charge in [0.25, 0.3) is 5.91 Å². The van der Waals surface area contributed by atoms with E-state index in [9.17, 15) is 9.90 Å². The quantitative estimate of drug-likeness (QED) is 0.921. The lowest BCUT2D eigenvalue weighted by molar-refractivity contribution is 0.0704. The van der Waals surface area contributed by atoms with Crippen molar-refractivity contribution in [2.75, 3.05) is 26.2 Å². The number of hydrogen-bond donors (Lipinski definition) is 1. The van der Waals surface area contributed by atoms with Crippen LogP contribution in [0.4, 0.5) is 0 Å². The fraction of sp³-hybridized carbons (Fsp3) is 0.650. The molecule has 1 atom stereocenters. The van der Waals surface area contributed by atoms with Crippen molar-refractivity contribution in [2.45, 2.75) is 46.1 Å². The summed E-state index contributed by atoms with van der Waals surface area (Å²) in [5, 5.41) is 9.91. The Morgan fingerprint density at radius 3 is 2.67 bits per heavy atom. The number of rotatable bonds is 4. The van der Waals surface area contributed by atoms with E-state index in [-0.39, 0.29) is 11.7 Å². The second-order valence-electron chi connectivity index (χ2n) is 7.86. The van der Waals surface area contributed by atoms with Gasteiger partial charge in [0.1, 0.15) is 5.75 Å². The first-order chi connectivity index (χ1) is 11.5. The number of phenolic OH excluding ortho intramolecular Hbond substituents is 1. The maximum atomic E-state index is 12.9. The molecule has 2 fully saturated rings. The van der Waals surface area contributed by atoms with Gasteiger partial charge in [0, 0.05) is 37.8 Å². The van der Waals surface area contributed by atoms with Crippen LogP contribution in [0, 0.1) is 18.8 Å². The number of aromatic hydroxyl groups is 1. The Morgan fingerprint density at radius 2 is 2.04 bits per heavy atom. The molecule has 1 saturated heterocycles. The molecule has 0 spiro atoms. The lowest BCUT2D eigenvalue weighted by Gasteiger charge is -2.34. The van der Waals surface area contributed by atoms with Crippen LogP contribution < -0.4 is 0 Å². The number of phenols is 1. The van der Waals surface area contributed by atoms with Crippen molar-refractivity contribution >= 4 is 5.91 Å². The molecule has 2 aliphatic rings. The van der Waals surface area contributed by atoms with Crippen LogP contribution in [0.5, 0.6) is 5.75 Å². The fourth-order valence-electron chi connectivity index (χ4n) is 3.66. The lowest BCUT2D eigenvalue weighted by atomic mass is 10.0. The molecule has 0 radical (unpaired) electrons. The second-order valence-corrected chi connectivity index (χ2v) is 7.86. The summed E-state index contributed by atoms with van der Waals surface area (Å²) in [5.74, 6) is 1.65. The minimum absolute atomic E-state index is 0.0456. The number of nitrogens with zero attached hydrogens (tertiary/aromatic N) is 2. The van der Waals surface area contributed by atoms with Gasteiger partial charge in [0.05, 0.1) is 0 Å². The molecule has 1 N–H and O–H groups in total. The normalized spacial score (nSPS) is 22.7. The van der Waals surface area contributed by atoms with Gasteiger partial charge in [0.15, 0.2) is 0 Å². The van der Waals surface area contributed by atoms with Crippen LogP contribution in [-0.2, 0) is 0 Å². The van der Waals surface area contributed by atoms with E-state index in [1.54, 1.807) is 6.07 Å². The minimum Gasteiger partial charge on any atom is -0.508 e. The average Bonchev–Trinajstić information content (AvgIpc) is 3.36. The van der Waals surface area contributed by atoms with Crippen molar-refractivity contribution < 1.29 is 9.90 Å². The van der Waals surface area contributed by atoms with Gasteiger partial charge in [-0.25, -0.2) is 0 Å². The van der Waals surface area contributed by atoms with Gasteiger partial charge in [-0.15, -0.1) is 0 Å². The second kappa shape index (κ2) is 7.14. The molecule has 132 valence electrons. The third-order valence-corrected chi connectivity index (χ3v) is 5.45. The monoisotopic (exact) mass is 330 g/mol. The molecule has 4 heteroatoms. The van der Waals surface area contributed by atoms with Crippen LogP contribution in [0.1, 0.15) is 49.0 Å². The molecule has 0 unspecified atom stereocenters. The topological polar surface area (TPSA) is 43.8 Å². The lowest BCUT2D eigenvalue weighted by Crippen LogP contribution is -2.46. The highest BCUT2D eigenvalue weighted by Crippen LogP contribution is 2.32.